The Kier molecular flexibility index (Phi) is 3.96. The first-order valence-corrected chi connectivity index (χ1v) is 6.32. The number of nitriles is 2. The van der Waals surface area contributed by atoms with Gasteiger partial charge in [0, 0.05) is 13.1 Å². The maximum atomic E-state index is 9.02. The Balaban J connectivity index is 1.93. The number of hydrogen-bond donors (Lipinski definition) is 0. The molecule has 1 aromatic heterocycles. The van der Waals surface area contributed by atoms with E-state index in [1.165, 1.54) is 12.8 Å². The molecule has 0 bridgehead atoms. The molecule has 0 aliphatic carbocycles. The molecule has 1 aromatic rings. The maximum absolute atomic E-state index is 9.02. The minimum atomic E-state index is 0.227. The van der Waals surface area contributed by atoms with Crippen molar-refractivity contribution in [1.82, 2.24) is 14.5 Å². The van der Waals surface area contributed by atoms with Crippen molar-refractivity contribution in [2.45, 2.75) is 26.3 Å². The molecule has 0 atom stereocenters. The van der Waals surface area contributed by atoms with Gasteiger partial charge < -0.3 is 9.47 Å². The van der Waals surface area contributed by atoms with E-state index in [1.807, 2.05) is 12.1 Å². The van der Waals surface area contributed by atoms with Crippen LogP contribution in [0.3, 0.4) is 0 Å². The van der Waals surface area contributed by atoms with Crippen LogP contribution in [0.1, 0.15) is 31.2 Å². The predicted molar refractivity (Wildman–Crippen MR) is 66.5 cm³/mol. The van der Waals surface area contributed by atoms with Crippen LogP contribution < -0.4 is 0 Å². The van der Waals surface area contributed by atoms with Crippen LogP contribution in [0, 0.1) is 28.6 Å². The highest BCUT2D eigenvalue weighted by Crippen LogP contribution is 2.16. The van der Waals surface area contributed by atoms with Crippen LogP contribution in [0.25, 0.3) is 0 Å². The number of aromatic nitrogens is 2. The summed E-state index contributed by atoms with van der Waals surface area (Å²) in [5.41, 5.74) is 0.604. The summed E-state index contributed by atoms with van der Waals surface area (Å²) < 4.78 is 1.77. The monoisotopic (exact) mass is 243 g/mol. The molecule has 1 aliphatic rings. The summed E-state index contributed by atoms with van der Waals surface area (Å²) in [7, 11) is 0. The van der Waals surface area contributed by atoms with Crippen molar-refractivity contribution in [1.29, 1.82) is 10.5 Å². The Labute approximate surface area is 107 Å². The highest BCUT2D eigenvalue weighted by atomic mass is 15.2. The molecule has 2 heterocycles. The third-order valence-corrected chi connectivity index (χ3v) is 3.58. The lowest BCUT2D eigenvalue weighted by Crippen LogP contribution is -2.35. The number of rotatable bonds is 3. The van der Waals surface area contributed by atoms with Gasteiger partial charge in [-0.25, -0.2) is 4.98 Å². The summed E-state index contributed by atoms with van der Waals surface area (Å²) in [6.07, 6.45) is 4.08. The van der Waals surface area contributed by atoms with Gasteiger partial charge in [-0.15, -0.1) is 0 Å². The van der Waals surface area contributed by atoms with Gasteiger partial charge in [0.05, 0.1) is 6.33 Å². The second kappa shape index (κ2) is 5.66. The van der Waals surface area contributed by atoms with Gasteiger partial charge >= 0.3 is 0 Å². The summed E-state index contributed by atoms with van der Waals surface area (Å²) in [5, 5.41) is 17.8. The second-order valence-electron chi connectivity index (χ2n) is 4.88. The van der Waals surface area contributed by atoms with Crippen molar-refractivity contribution >= 4 is 0 Å². The highest BCUT2D eigenvalue weighted by molar-refractivity contribution is 5.35. The zero-order valence-corrected chi connectivity index (χ0v) is 10.6. The number of hydrogen-bond acceptors (Lipinski definition) is 4. The summed E-state index contributed by atoms with van der Waals surface area (Å²) in [6.45, 7) is 6.19. The van der Waals surface area contributed by atoms with Crippen LogP contribution in [0.2, 0.25) is 0 Å². The molecule has 94 valence electrons. The van der Waals surface area contributed by atoms with E-state index in [9.17, 15) is 0 Å². The number of likely N-dealkylation sites (tertiary alicyclic amines) is 1. The standard InChI is InChI=1S/C13H17N5/c1-11-2-4-17(5-3-11)6-7-18-10-16-12(8-14)13(18)9-15/h10-11H,2-7H2,1H3. The SMILES string of the molecule is CC1CCN(CCn2cnc(C#N)c2C#N)CC1. The first-order chi connectivity index (χ1) is 8.74. The summed E-state index contributed by atoms with van der Waals surface area (Å²) >= 11 is 0. The molecule has 0 N–H and O–H groups in total. The molecular weight excluding hydrogens is 226 g/mol. The molecule has 5 heteroatoms. The van der Waals surface area contributed by atoms with Gasteiger partial charge in [0.25, 0.3) is 0 Å². The summed E-state index contributed by atoms with van der Waals surface area (Å²) in [6, 6.07) is 3.99. The molecule has 0 aromatic carbocycles. The van der Waals surface area contributed by atoms with E-state index in [4.69, 9.17) is 10.5 Å². The Morgan fingerprint density at radius 3 is 2.61 bits per heavy atom. The zero-order valence-electron chi connectivity index (χ0n) is 10.6. The molecule has 1 saturated heterocycles. The average Bonchev–Trinajstić information content (AvgIpc) is 2.80. The van der Waals surface area contributed by atoms with E-state index in [1.54, 1.807) is 10.9 Å². The van der Waals surface area contributed by atoms with Gasteiger partial charge in [-0.3, -0.25) is 0 Å². The molecule has 0 saturated carbocycles. The van der Waals surface area contributed by atoms with Gasteiger partial charge in [-0.05, 0) is 31.8 Å². The van der Waals surface area contributed by atoms with E-state index in [0.29, 0.717) is 5.69 Å². The maximum Gasteiger partial charge on any atom is 0.176 e. The third kappa shape index (κ3) is 2.69. The van der Waals surface area contributed by atoms with Crippen molar-refractivity contribution in [2.75, 3.05) is 19.6 Å². The van der Waals surface area contributed by atoms with E-state index in [0.717, 1.165) is 32.1 Å². The highest BCUT2D eigenvalue weighted by Gasteiger charge is 2.16. The van der Waals surface area contributed by atoms with Crippen molar-refractivity contribution in [3.05, 3.63) is 17.7 Å². The number of imidazole rings is 1. The fourth-order valence-corrected chi connectivity index (χ4v) is 2.29. The van der Waals surface area contributed by atoms with Crippen LogP contribution in [0.5, 0.6) is 0 Å². The van der Waals surface area contributed by atoms with Crippen molar-refractivity contribution in [2.24, 2.45) is 5.92 Å². The molecule has 0 unspecified atom stereocenters. The minimum absolute atomic E-state index is 0.227. The van der Waals surface area contributed by atoms with Crippen LogP contribution in [0.15, 0.2) is 6.33 Å². The van der Waals surface area contributed by atoms with Gasteiger partial charge in [0.15, 0.2) is 11.4 Å². The lowest BCUT2D eigenvalue weighted by molar-refractivity contribution is 0.186. The molecule has 0 amide bonds. The molecule has 0 spiro atoms. The Morgan fingerprint density at radius 1 is 1.28 bits per heavy atom. The molecule has 2 rings (SSSR count). The smallest absolute Gasteiger partial charge is 0.176 e. The van der Waals surface area contributed by atoms with Crippen LogP contribution in [-0.4, -0.2) is 34.1 Å². The Morgan fingerprint density at radius 2 is 2.00 bits per heavy atom. The second-order valence-corrected chi connectivity index (χ2v) is 4.88. The minimum Gasteiger partial charge on any atom is -0.320 e. The van der Waals surface area contributed by atoms with Crippen molar-refractivity contribution in [3.63, 3.8) is 0 Å². The van der Waals surface area contributed by atoms with Gasteiger partial charge in [0.1, 0.15) is 12.1 Å². The summed E-state index contributed by atoms with van der Waals surface area (Å²) in [4.78, 5) is 6.35. The summed E-state index contributed by atoms with van der Waals surface area (Å²) in [5.74, 6) is 0.828. The quantitative estimate of drug-likeness (QED) is 0.803. The first-order valence-electron chi connectivity index (χ1n) is 6.32. The van der Waals surface area contributed by atoms with Crippen LogP contribution >= 0.6 is 0 Å². The molecular formula is C13H17N5. The van der Waals surface area contributed by atoms with Gasteiger partial charge in [-0.2, -0.15) is 10.5 Å². The fraction of sp³-hybridized carbons (Fsp3) is 0.615. The zero-order chi connectivity index (χ0) is 13.0. The predicted octanol–water partition coefficient (Wildman–Crippen LogP) is 1.36. The molecule has 1 aliphatic heterocycles. The lowest BCUT2D eigenvalue weighted by Gasteiger charge is -2.30. The van der Waals surface area contributed by atoms with E-state index in [2.05, 4.69) is 16.8 Å². The fourth-order valence-electron chi connectivity index (χ4n) is 2.29. The molecule has 18 heavy (non-hydrogen) atoms. The Bertz CT molecular complexity index is 482. The molecule has 0 radical (unpaired) electrons. The molecule has 1 fully saturated rings. The lowest BCUT2D eigenvalue weighted by atomic mass is 9.99. The third-order valence-electron chi connectivity index (χ3n) is 3.58. The van der Waals surface area contributed by atoms with Crippen LogP contribution in [0.4, 0.5) is 0 Å². The van der Waals surface area contributed by atoms with E-state index < -0.39 is 0 Å². The Hall–Kier alpha value is -1.85. The van der Waals surface area contributed by atoms with Gasteiger partial charge in [0.2, 0.25) is 0 Å². The van der Waals surface area contributed by atoms with Crippen molar-refractivity contribution in [3.8, 4) is 12.1 Å². The largest absolute Gasteiger partial charge is 0.320 e. The van der Waals surface area contributed by atoms with Crippen molar-refractivity contribution < 1.29 is 0 Å². The van der Waals surface area contributed by atoms with E-state index in [-0.39, 0.29) is 5.69 Å². The topological polar surface area (TPSA) is 68.6 Å². The average molecular weight is 243 g/mol. The number of nitrogens with zero attached hydrogens (tertiary/aromatic N) is 5. The van der Waals surface area contributed by atoms with Gasteiger partial charge in [-0.1, -0.05) is 6.92 Å². The first kappa shape index (κ1) is 12.6. The number of piperidine rings is 1. The van der Waals surface area contributed by atoms with Crippen LogP contribution in [-0.2, 0) is 6.54 Å². The molecule has 5 nitrogen and oxygen atoms in total. The normalized spacial score (nSPS) is 17.3. The van der Waals surface area contributed by atoms with E-state index >= 15 is 0 Å².